The molecule has 0 saturated carbocycles. The Morgan fingerprint density at radius 3 is 2.60 bits per heavy atom. The third kappa shape index (κ3) is 2.04. The molecule has 0 unspecified atom stereocenters. The number of hydrogen-bond acceptors (Lipinski definition) is 4. The monoisotopic (exact) mass is 332 g/mol. The van der Waals surface area contributed by atoms with E-state index in [0.717, 1.165) is 16.6 Å². The van der Waals surface area contributed by atoms with Crippen LogP contribution in [0.25, 0.3) is 22.6 Å². The topological polar surface area (TPSA) is 72.3 Å². The number of rotatable bonds is 1. The van der Waals surface area contributed by atoms with E-state index in [-0.39, 0.29) is 5.75 Å². The molecule has 0 aliphatic heterocycles. The molecule has 0 spiro atoms. The van der Waals surface area contributed by atoms with Crippen LogP contribution in [0.5, 0.6) is 5.75 Å². The second-order valence-corrected chi connectivity index (χ2v) is 5.68. The predicted molar refractivity (Wildman–Crippen MR) is 82.7 cm³/mol. The quantitative estimate of drug-likeness (QED) is 0.518. The molecule has 2 aromatic carbocycles. The summed E-state index contributed by atoms with van der Waals surface area (Å²) >= 11 is 3.26. The number of phenols is 1. The van der Waals surface area contributed by atoms with Crippen LogP contribution in [-0.4, -0.2) is 10.1 Å². The minimum Gasteiger partial charge on any atom is -0.506 e. The molecular formula is C15H13BrN2O2. The van der Waals surface area contributed by atoms with Gasteiger partial charge in [-0.25, -0.2) is 4.98 Å². The Morgan fingerprint density at radius 1 is 1.15 bits per heavy atom. The molecule has 20 heavy (non-hydrogen) atoms. The van der Waals surface area contributed by atoms with Gasteiger partial charge in [0.05, 0.1) is 10.0 Å². The lowest BCUT2D eigenvalue weighted by atomic mass is 10.1. The van der Waals surface area contributed by atoms with Gasteiger partial charge < -0.3 is 15.3 Å². The highest BCUT2D eigenvalue weighted by Gasteiger charge is 2.15. The van der Waals surface area contributed by atoms with E-state index >= 15 is 0 Å². The summed E-state index contributed by atoms with van der Waals surface area (Å²) in [5.74, 6) is 0.426. The van der Waals surface area contributed by atoms with E-state index in [2.05, 4.69) is 20.9 Å². The number of phenolic OH excluding ortho intramolecular Hbond substituents is 1. The minimum atomic E-state index is 0.0687. The van der Waals surface area contributed by atoms with Crippen molar-refractivity contribution >= 4 is 32.7 Å². The molecule has 1 heterocycles. The van der Waals surface area contributed by atoms with E-state index in [1.807, 2.05) is 26.0 Å². The van der Waals surface area contributed by atoms with Crippen LogP contribution in [0.1, 0.15) is 11.1 Å². The van der Waals surface area contributed by atoms with Gasteiger partial charge >= 0.3 is 0 Å². The Morgan fingerprint density at radius 2 is 1.85 bits per heavy atom. The lowest BCUT2D eigenvalue weighted by Gasteiger charge is -2.04. The van der Waals surface area contributed by atoms with Gasteiger partial charge in [0, 0.05) is 5.69 Å². The first-order valence-electron chi connectivity index (χ1n) is 6.12. The number of nitrogens with two attached hydrogens (primary N) is 1. The normalized spacial score (nSPS) is 11.2. The number of halogens is 1. The summed E-state index contributed by atoms with van der Waals surface area (Å²) in [6.07, 6.45) is 0. The van der Waals surface area contributed by atoms with Crippen LogP contribution >= 0.6 is 15.9 Å². The van der Waals surface area contributed by atoms with Gasteiger partial charge in [0.1, 0.15) is 11.3 Å². The average molecular weight is 333 g/mol. The van der Waals surface area contributed by atoms with Crippen molar-refractivity contribution in [1.29, 1.82) is 0 Å². The van der Waals surface area contributed by atoms with Gasteiger partial charge in [-0.05, 0) is 65.2 Å². The van der Waals surface area contributed by atoms with Crippen molar-refractivity contribution in [2.24, 2.45) is 0 Å². The van der Waals surface area contributed by atoms with Gasteiger partial charge in [0.25, 0.3) is 0 Å². The van der Waals surface area contributed by atoms with Crippen molar-refractivity contribution in [1.82, 2.24) is 4.98 Å². The Kier molecular flexibility index (Phi) is 2.94. The van der Waals surface area contributed by atoms with Crippen LogP contribution < -0.4 is 5.73 Å². The fourth-order valence-electron chi connectivity index (χ4n) is 2.08. The van der Waals surface area contributed by atoms with Crippen LogP contribution in [0.2, 0.25) is 0 Å². The zero-order valence-electron chi connectivity index (χ0n) is 11.1. The lowest BCUT2D eigenvalue weighted by Crippen LogP contribution is -1.88. The summed E-state index contributed by atoms with van der Waals surface area (Å²) in [6.45, 7) is 4.04. The van der Waals surface area contributed by atoms with E-state index in [1.165, 1.54) is 0 Å². The first-order valence-corrected chi connectivity index (χ1v) is 6.91. The van der Waals surface area contributed by atoms with Crippen molar-refractivity contribution in [3.63, 3.8) is 0 Å². The molecule has 0 saturated heterocycles. The summed E-state index contributed by atoms with van der Waals surface area (Å²) in [5, 5.41) is 10.1. The zero-order valence-corrected chi connectivity index (χ0v) is 12.7. The Labute approximate surface area is 124 Å². The standard InChI is InChI=1S/C15H13BrN2O2/c1-7-3-12-13(4-8(7)2)20-15(18-12)10-5-9(17)6-11(16)14(10)19/h3-6,19H,17H2,1-2H3. The molecule has 0 atom stereocenters. The molecule has 3 rings (SSSR count). The molecule has 5 heteroatoms. The third-order valence-electron chi connectivity index (χ3n) is 3.32. The molecular weight excluding hydrogens is 320 g/mol. The molecule has 0 amide bonds. The molecule has 0 radical (unpaired) electrons. The number of aromatic hydroxyl groups is 1. The Hall–Kier alpha value is -2.01. The summed E-state index contributed by atoms with van der Waals surface area (Å²) in [7, 11) is 0. The van der Waals surface area contributed by atoms with Crippen molar-refractivity contribution in [2.45, 2.75) is 13.8 Å². The van der Waals surface area contributed by atoms with Gasteiger partial charge in [0.2, 0.25) is 5.89 Å². The molecule has 4 nitrogen and oxygen atoms in total. The lowest BCUT2D eigenvalue weighted by molar-refractivity contribution is 0.471. The largest absolute Gasteiger partial charge is 0.506 e. The minimum absolute atomic E-state index is 0.0687. The molecule has 0 fully saturated rings. The molecule has 0 bridgehead atoms. The Bertz CT molecular complexity index is 785. The smallest absolute Gasteiger partial charge is 0.231 e. The first kappa shape index (κ1) is 13.0. The summed E-state index contributed by atoms with van der Waals surface area (Å²) in [6, 6.07) is 7.19. The average Bonchev–Trinajstić information content (AvgIpc) is 2.77. The summed E-state index contributed by atoms with van der Waals surface area (Å²) < 4.78 is 6.25. The van der Waals surface area contributed by atoms with Crippen LogP contribution in [-0.2, 0) is 0 Å². The van der Waals surface area contributed by atoms with Gasteiger partial charge in [-0.3, -0.25) is 0 Å². The molecule has 0 aliphatic rings. The molecule has 0 aliphatic carbocycles. The number of aryl methyl sites for hydroxylation is 2. The van der Waals surface area contributed by atoms with E-state index in [1.54, 1.807) is 12.1 Å². The van der Waals surface area contributed by atoms with Crippen LogP contribution in [0.3, 0.4) is 0 Å². The van der Waals surface area contributed by atoms with Crippen LogP contribution in [0, 0.1) is 13.8 Å². The third-order valence-corrected chi connectivity index (χ3v) is 3.92. The highest BCUT2D eigenvalue weighted by molar-refractivity contribution is 9.10. The second kappa shape index (κ2) is 4.52. The number of nitrogens with zero attached hydrogens (tertiary/aromatic N) is 1. The maximum Gasteiger partial charge on any atom is 0.231 e. The number of nitrogen functional groups attached to an aromatic ring is 1. The van der Waals surface area contributed by atoms with Crippen molar-refractivity contribution < 1.29 is 9.52 Å². The first-order chi connectivity index (χ1) is 9.45. The van der Waals surface area contributed by atoms with Crippen LogP contribution in [0.4, 0.5) is 5.69 Å². The van der Waals surface area contributed by atoms with E-state index in [4.69, 9.17) is 10.2 Å². The van der Waals surface area contributed by atoms with E-state index < -0.39 is 0 Å². The number of oxazole rings is 1. The zero-order chi connectivity index (χ0) is 14.4. The van der Waals surface area contributed by atoms with Crippen molar-refractivity contribution in [2.75, 3.05) is 5.73 Å². The number of aromatic nitrogens is 1. The maximum absolute atomic E-state index is 10.1. The second-order valence-electron chi connectivity index (χ2n) is 4.82. The summed E-state index contributed by atoms with van der Waals surface area (Å²) in [5.41, 5.74) is 10.5. The highest BCUT2D eigenvalue weighted by Crippen LogP contribution is 2.38. The predicted octanol–water partition coefficient (Wildman–Crippen LogP) is 4.16. The van der Waals surface area contributed by atoms with Gasteiger partial charge in [0.15, 0.2) is 5.58 Å². The van der Waals surface area contributed by atoms with Gasteiger partial charge in [-0.15, -0.1) is 0 Å². The molecule has 3 aromatic rings. The van der Waals surface area contributed by atoms with Crippen molar-refractivity contribution in [3.05, 3.63) is 39.9 Å². The highest BCUT2D eigenvalue weighted by atomic mass is 79.9. The molecule has 102 valence electrons. The number of anilines is 1. The van der Waals surface area contributed by atoms with Gasteiger partial charge in [-0.2, -0.15) is 0 Å². The molecule has 3 N–H and O–H groups in total. The summed E-state index contributed by atoms with van der Waals surface area (Å²) in [4.78, 5) is 4.42. The number of hydrogen-bond donors (Lipinski definition) is 2. The fourth-order valence-corrected chi connectivity index (χ4v) is 2.56. The van der Waals surface area contributed by atoms with Crippen LogP contribution in [0.15, 0.2) is 33.2 Å². The number of fused-ring (bicyclic) bond motifs is 1. The SMILES string of the molecule is Cc1cc2nc(-c3cc(N)cc(Br)c3O)oc2cc1C. The van der Waals surface area contributed by atoms with E-state index in [9.17, 15) is 5.11 Å². The van der Waals surface area contributed by atoms with E-state index in [0.29, 0.717) is 27.2 Å². The maximum atomic E-state index is 10.1. The number of benzene rings is 2. The van der Waals surface area contributed by atoms with Crippen molar-refractivity contribution in [3.8, 4) is 17.2 Å². The van der Waals surface area contributed by atoms with Gasteiger partial charge in [-0.1, -0.05) is 0 Å². The fraction of sp³-hybridized carbons (Fsp3) is 0.133. The molecule has 1 aromatic heterocycles. The Balaban J connectivity index is 2.25.